The maximum absolute atomic E-state index is 12.8. The van der Waals surface area contributed by atoms with Gasteiger partial charge in [0.25, 0.3) is 11.8 Å². The highest BCUT2D eigenvalue weighted by molar-refractivity contribution is 5.99. The Hall–Kier alpha value is -3.02. The number of benzene rings is 2. The third kappa shape index (κ3) is 3.35. The van der Waals surface area contributed by atoms with E-state index in [-0.39, 0.29) is 24.5 Å². The average molecular weight is 352 g/mol. The summed E-state index contributed by atoms with van der Waals surface area (Å²) in [5.74, 6) is 1.43. The quantitative estimate of drug-likeness (QED) is 0.867. The van der Waals surface area contributed by atoms with Gasteiger partial charge in [-0.05, 0) is 54.7 Å². The smallest absolute Gasteiger partial charge is 0.262 e. The van der Waals surface area contributed by atoms with Crippen LogP contribution in [0.1, 0.15) is 34.8 Å². The standard InChI is InChI=1S/C20H20N2O4/c1-25-15-7-4-13(5-8-15)19(12-2-3-12)22-20(24)14-6-9-16-17(10-14)26-11-18(23)21-16/h4-10,12,19H,2-3,11H2,1H3,(H,21,23)(H,22,24). The molecule has 2 N–H and O–H groups in total. The van der Waals surface area contributed by atoms with E-state index in [1.807, 2.05) is 24.3 Å². The molecule has 0 radical (unpaired) electrons. The monoisotopic (exact) mass is 352 g/mol. The summed E-state index contributed by atoms with van der Waals surface area (Å²) in [6, 6.07) is 12.8. The predicted molar refractivity (Wildman–Crippen MR) is 96.5 cm³/mol. The lowest BCUT2D eigenvalue weighted by atomic mass is 10.0. The van der Waals surface area contributed by atoms with Crippen LogP contribution in [-0.4, -0.2) is 25.5 Å². The molecule has 4 rings (SSSR count). The van der Waals surface area contributed by atoms with Gasteiger partial charge in [0.1, 0.15) is 11.5 Å². The van der Waals surface area contributed by atoms with E-state index >= 15 is 0 Å². The molecule has 6 heteroatoms. The molecule has 2 aromatic carbocycles. The van der Waals surface area contributed by atoms with Crippen molar-refractivity contribution in [3.8, 4) is 11.5 Å². The second kappa shape index (κ2) is 6.71. The molecule has 2 aromatic rings. The molecule has 1 unspecified atom stereocenters. The van der Waals surface area contributed by atoms with Crippen molar-refractivity contribution >= 4 is 17.5 Å². The topological polar surface area (TPSA) is 76.7 Å². The lowest BCUT2D eigenvalue weighted by molar-refractivity contribution is -0.118. The van der Waals surface area contributed by atoms with Crippen LogP contribution in [-0.2, 0) is 4.79 Å². The molecule has 6 nitrogen and oxygen atoms in total. The van der Waals surface area contributed by atoms with Gasteiger partial charge in [0.2, 0.25) is 0 Å². The number of rotatable bonds is 5. The fourth-order valence-corrected chi connectivity index (χ4v) is 3.15. The third-order valence-corrected chi connectivity index (χ3v) is 4.73. The molecular weight excluding hydrogens is 332 g/mol. The minimum atomic E-state index is -0.192. The van der Waals surface area contributed by atoms with E-state index in [0.717, 1.165) is 24.2 Å². The molecule has 0 spiro atoms. The first kappa shape index (κ1) is 16.4. The molecule has 2 aliphatic rings. The van der Waals surface area contributed by atoms with Crippen molar-refractivity contribution in [3.05, 3.63) is 53.6 Å². The number of hydrogen-bond donors (Lipinski definition) is 2. The highest BCUT2D eigenvalue weighted by Crippen LogP contribution is 2.41. The van der Waals surface area contributed by atoms with Crippen LogP contribution in [0, 0.1) is 5.92 Å². The normalized spacial score (nSPS) is 16.7. The number of amides is 2. The number of anilines is 1. The van der Waals surface area contributed by atoms with Gasteiger partial charge in [-0.1, -0.05) is 12.1 Å². The molecule has 0 aromatic heterocycles. The van der Waals surface area contributed by atoms with Crippen molar-refractivity contribution in [1.29, 1.82) is 0 Å². The molecular formula is C20H20N2O4. The van der Waals surface area contributed by atoms with Gasteiger partial charge < -0.3 is 20.1 Å². The summed E-state index contributed by atoms with van der Waals surface area (Å²) in [5, 5.41) is 5.87. The van der Waals surface area contributed by atoms with E-state index in [2.05, 4.69) is 10.6 Å². The summed E-state index contributed by atoms with van der Waals surface area (Å²) in [4.78, 5) is 24.1. The number of nitrogens with one attached hydrogen (secondary N) is 2. The lowest BCUT2D eigenvalue weighted by Crippen LogP contribution is -2.30. The summed E-state index contributed by atoms with van der Waals surface area (Å²) >= 11 is 0. The number of carbonyl (C=O) groups is 2. The van der Waals surface area contributed by atoms with Gasteiger partial charge in [-0.2, -0.15) is 0 Å². The van der Waals surface area contributed by atoms with E-state index < -0.39 is 0 Å². The van der Waals surface area contributed by atoms with E-state index in [1.165, 1.54) is 0 Å². The van der Waals surface area contributed by atoms with Gasteiger partial charge in [-0.3, -0.25) is 9.59 Å². The number of carbonyl (C=O) groups excluding carboxylic acids is 2. The molecule has 2 amide bonds. The van der Waals surface area contributed by atoms with Gasteiger partial charge in [0, 0.05) is 5.56 Å². The van der Waals surface area contributed by atoms with Crippen molar-refractivity contribution in [2.45, 2.75) is 18.9 Å². The molecule has 1 saturated carbocycles. The first-order valence-electron chi connectivity index (χ1n) is 8.65. The van der Waals surface area contributed by atoms with Crippen molar-refractivity contribution in [2.75, 3.05) is 19.0 Å². The van der Waals surface area contributed by atoms with E-state index in [4.69, 9.17) is 9.47 Å². The Labute approximate surface area is 151 Å². The average Bonchev–Trinajstić information content (AvgIpc) is 3.50. The number of methoxy groups -OCH3 is 1. The minimum absolute atomic E-state index is 0.0231. The molecule has 1 aliphatic carbocycles. The number of ether oxygens (including phenoxy) is 2. The number of fused-ring (bicyclic) bond motifs is 1. The van der Waals surface area contributed by atoms with Gasteiger partial charge in [0.15, 0.2) is 6.61 Å². The minimum Gasteiger partial charge on any atom is -0.497 e. The zero-order valence-electron chi connectivity index (χ0n) is 14.5. The summed E-state index contributed by atoms with van der Waals surface area (Å²) in [5.41, 5.74) is 2.17. The first-order valence-corrected chi connectivity index (χ1v) is 8.65. The Balaban J connectivity index is 1.52. The molecule has 1 aliphatic heterocycles. The summed E-state index contributed by atoms with van der Waals surface area (Å²) in [6.45, 7) is -0.0331. The zero-order valence-corrected chi connectivity index (χ0v) is 14.5. The third-order valence-electron chi connectivity index (χ3n) is 4.73. The van der Waals surface area contributed by atoms with Crippen LogP contribution in [0.25, 0.3) is 0 Å². The van der Waals surface area contributed by atoms with Crippen LogP contribution >= 0.6 is 0 Å². The Morgan fingerprint density at radius 2 is 2.00 bits per heavy atom. The van der Waals surface area contributed by atoms with Crippen LogP contribution < -0.4 is 20.1 Å². The second-order valence-electron chi connectivity index (χ2n) is 6.61. The van der Waals surface area contributed by atoms with Gasteiger partial charge in [0.05, 0.1) is 18.8 Å². The van der Waals surface area contributed by atoms with Crippen LogP contribution in [0.2, 0.25) is 0 Å². The lowest BCUT2D eigenvalue weighted by Gasteiger charge is -2.21. The van der Waals surface area contributed by atoms with Crippen LogP contribution in [0.4, 0.5) is 5.69 Å². The van der Waals surface area contributed by atoms with E-state index in [1.54, 1.807) is 25.3 Å². The molecule has 0 bridgehead atoms. The molecule has 1 atom stereocenters. The largest absolute Gasteiger partial charge is 0.497 e. The van der Waals surface area contributed by atoms with Crippen LogP contribution in [0.5, 0.6) is 11.5 Å². The van der Waals surface area contributed by atoms with Crippen molar-refractivity contribution in [3.63, 3.8) is 0 Å². The van der Waals surface area contributed by atoms with E-state index in [9.17, 15) is 9.59 Å². The summed E-state index contributed by atoms with van der Waals surface area (Å²) in [7, 11) is 1.63. The Morgan fingerprint density at radius 3 is 2.69 bits per heavy atom. The van der Waals surface area contributed by atoms with Crippen molar-refractivity contribution in [2.24, 2.45) is 5.92 Å². The molecule has 26 heavy (non-hydrogen) atoms. The second-order valence-corrected chi connectivity index (χ2v) is 6.61. The molecule has 1 fully saturated rings. The summed E-state index contributed by atoms with van der Waals surface area (Å²) in [6.07, 6.45) is 2.21. The Morgan fingerprint density at radius 1 is 1.23 bits per heavy atom. The van der Waals surface area contributed by atoms with Crippen LogP contribution in [0.3, 0.4) is 0 Å². The fourth-order valence-electron chi connectivity index (χ4n) is 3.15. The van der Waals surface area contributed by atoms with Crippen molar-refractivity contribution in [1.82, 2.24) is 5.32 Å². The Bertz CT molecular complexity index is 843. The molecule has 1 heterocycles. The fraction of sp³-hybridized carbons (Fsp3) is 0.300. The van der Waals surface area contributed by atoms with Crippen molar-refractivity contribution < 1.29 is 19.1 Å². The Kier molecular flexibility index (Phi) is 4.24. The predicted octanol–water partition coefficient (Wildman–Crippen LogP) is 2.91. The van der Waals surface area contributed by atoms with Gasteiger partial charge in [-0.15, -0.1) is 0 Å². The first-order chi connectivity index (χ1) is 12.6. The highest BCUT2D eigenvalue weighted by Gasteiger charge is 2.33. The van der Waals surface area contributed by atoms with E-state index in [0.29, 0.717) is 22.9 Å². The number of hydrogen-bond acceptors (Lipinski definition) is 4. The van der Waals surface area contributed by atoms with Gasteiger partial charge >= 0.3 is 0 Å². The highest BCUT2D eigenvalue weighted by atomic mass is 16.5. The maximum atomic E-state index is 12.8. The zero-order chi connectivity index (χ0) is 18.1. The van der Waals surface area contributed by atoms with Crippen LogP contribution in [0.15, 0.2) is 42.5 Å². The molecule has 134 valence electrons. The maximum Gasteiger partial charge on any atom is 0.262 e. The van der Waals surface area contributed by atoms with Gasteiger partial charge in [-0.25, -0.2) is 0 Å². The molecule has 0 saturated heterocycles. The summed E-state index contributed by atoms with van der Waals surface area (Å²) < 4.78 is 10.6. The SMILES string of the molecule is COc1ccc(C(NC(=O)c2ccc3c(c2)OCC(=O)N3)C2CC2)cc1.